The van der Waals surface area contributed by atoms with Gasteiger partial charge in [-0.15, -0.1) is 0 Å². The maximum atomic E-state index is 11.0. The van der Waals surface area contributed by atoms with Crippen molar-refractivity contribution in [3.05, 3.63) is 73.1 Å². The van der Waals surface area contributed by atoms with Crippen molar-refractivity contribution in [2.45, 2.75) is 0 Å². The molecule has 0 aliphatic heterocycles. The fourth-order valence-electron chi connectivity index (χ4n) is 4.60. The van der Waals surface area contributed by atoms with Crippen LogP contribution in [0.3, 0.4) is 0 Å². The molecule has 2 aromatic carbocycles. The minimum Gasteiger partial charge on any atom is -0.453 e. The van der Waals surface area contributed by atoms with Crippen molar-refractivity contribution < 1.29 is 15.3 Å². The molecule has 6 aromatic rings. The van der Waals surface area contributed by atoms with Gasteiger partial charge < -0.3 is 37.9 Å². The number of carbonyl (C=O) groups is 1. The second kappa shape index (κ2) is 16.2. The van der Waals surface area contributed by atoms with E-state index in [4.69, 9.17) is 18.6 Å². The number of H-pyrrole nitrogens is 2. The number of benzene rings is 2. The van der Waals surface area contributed by atoms with Crippen LogP contribution in [0.1, 0.15) is 1.37 Å². The largest absolute Gasteiger partial charge is 0.453 e. The van der Waals surface area contributed by atoms with Crippen molar-refractivity contribution >= 4 is 50.9 Å². The number of amides is 1. The lowest BCUT2D eigenvalue weighted by molar-refractivity contribution is 0.171. The average Bonchev–Trinajstić information content (AvgIpc) is 3.81. The molecule has 15 heteroatoms. The third kappa shape index (κ3) is 8.35. The van der Waals surface area contributed by atoms with E-state index in [2.05, 4.69) is 51.0 Å². The van der Waals surface area contributed by atoms with Crippen molar-refractivity contribution in [3.63, 3.8) is 0 Å². The molecule has 0 unspecified atom stereocenters. The Kier molecular flexibility index (Phi) is 11.1. The Morgan fingerprint density at radius 1 is 0.826 bits per heavy atom. The summed E-state index contributed by atoms with van der Waals surface area (Å²) < 4.78 is 20.0. The molecule has 1 amide bonds. The standard InChI is InChI=1S/C16H18N6O2.C14H16N6.CH3F/c1-24-16(23)19-7-6-18-13-9-15(17)21-14-8-10(2-3-11(13)14)12-4-5-20-22-12;15-4-6-17-12-8-14(16)19-13-7-9(1-2-10(12)13)11-3-5-18-20-11;1-2/h2-5,8-9H,6-7H2,1H3,(H,19,23)(H,20,22)(H3,17,18,21);1-3,5,7-8H,4,6,15H2,(H,18,20)(H3,16,17,19);1H3/i;;1D. The molecule has 240 valence electrons. The number of halogens is 1. The van der Waals surface area contributed by atoms with Gasteiger partial charge in [0.2, 0.25) is 0 Å². The van der Waals surface area contributed by atoms with E-state index in [1.807, 2.05) is 54.6 Å². The SMILES string of the molecule is COC(=O)NCCNc1cc(N)nc2cc(-c3ccn[nH]3)ccc12.NCCNc1cc(N)nc2cc(-c3ccn[nH]3)ccc12.[2H]CF. The second-order valence-electron chi connectivity index (χ2n) is 9.65. The van der Waals surface area contributed by atoms with E-state index in [0.717, 1.165) is 55.7 Å². The molecule has 6 rings (SSSR count). The summed E-state index contributed by atoms with van der Waals surface area (Å²) >= 11 is 0. The number of rotatable bonds is 9. The summed E-state index contributed by atoms with van der Waals surface area (Å²) in [5, 5.41) is 24.9. The highest BCUT2D eigenvalue weighted by molar-refractivity contribution is 5.96. The monoisotopic (exact) mass is 629 g/mol. The Bertz CT molecular complexity index is 1870. The van der Waals surface area contributed by atoms with Crippen LogP contribution in [-0.2, 0) is 4.74 Å². The molecular formula is C31H37FN12O2. The van der Waals surface area contributed by atoms with Crippen LogP contribution in [0.2, 0.25) is 0 Å². The number of hydrogen-bond donors (Lipinski definition) is 8. The number of alkyl carbamates (subject to hydrolysis) is 1. The number of carbonyl (C=O) groups excluding carboxylic acids is 1. The summed E-state index contributed by atoms with van der Waals surface area (Å²) in [6.07, 6.45) is 2.97. The zero-order valence-corrected chi connectivity index (χ0v) is 25.2. The lowest BCUT2D eigenvalue weighted by atomic mass is 10.1. The zero-order chi connectivity index (χ0) is 33.6. The molecule has 4 heterocycles. The molecule has 0 aliphatic carbocycles. The van der Waals surface area contributed by atoms with Gasteiger partial charge in [-0.3, -0.25) is 14.6 Å². The number of nitrogen functional groups attached to an aromatic ring is 2. The highest BCUT2D eigenvalue weighted by Crippen LogP contribution is 2.29. The van der Waals surface area contributed by atoms with Gasteiger partial charge in [-0.2, -0.15) is 10.2 Å². The lowest BCUT2D eigenvalue weighted by Gasteiger charge is -2.12. The van der Waals surface area contributed by atoms with Gasteiger partial charge in [0.1, 0.15) is 11.6 Å². The molecule has 14 nitrogen and oxygen atoms in total. The molecule has 11 N–H and O–H groups in total. The molecule has 0 spiro atoms. The normalized spacial score (nSPS) is 10.6. The van der Waals surface area contributed by atoms with E-state index >= 15 is 0 Å². The van der Waals surface area contributed by atoms with E-state index in [1.165, 1.54) is 7.11 Å². The molecule has 0 aliphatic rings. The number of fused-ring (bicyclic) bond motifs is 2. The molecule has 0 saturated heterocycles. The number of hydrogen-bond acceptors (Lipinski definition) is 11. The summed E-state index contributed by atoms with van der Waals surface area (Å²) in [7, 11) is 0.330. The van der Waals surface area contributed by atoms with Crippen LogP contribution < -0.4 is 33.2 Å². The predicted molar refractivity (Wildman–Crippen MR) is 181 cm³/mol. The summed E-state index contributed by atoms with van der Waals surface area (Å²) in [5.74, 6) is 0.909. The molecule has 46 heavy (non-hydrogen) atoms. The number of nitrogens with one attached hydrogen (secondary N) is 5. The maximum absolute atomic E-state index is 11.0. The van der Waals surface area contributed by atoms with Gasteiger partial charge in [0, 0.05) is 84.0 Å². The Morgan fingerprint density at radius 2 is 1.33 bits per heavy atom. The van der Waals surface area contributed by atoms with Gasteiger partial charge in [0.05, 0.1) is 38.1 Å². The molecule has 0 fully saturated rings. The van der Waals surface area contributed by atoms with Crippen LogP contribution in [0, 0.1) is 0 Å². The first-order valence-corrected chi connectivity index (χ1v) is 14.1. The lowest BCUT2D eigenvalue weighted by Crippen LogP contribution is -2.28. The van der Waals surface area contributed by atoms with Crippen LogP contribution in [0.15, 0.2) is 73.1 Å². The third-order valence-electron chi connectivity index (χ3n) is 6.64. The number of nitrogens with two attached hydrogens (primary N) is 3. The number of anilines is 4. The van der Waals surface area contributed by atoms with Crippen LogP contribution >= 0.6 is 0 Å². The molecule has 4 aromatic heterocycles. The topological polar surface area (TPSA) is 224 Å². The fraction of sp³-hybridized carbons (Fsp3) is 0.194. The minimum absolute atomic E-state index is 0.424. The number of aromatic amines is 2. The van der Waals surface area contributed by atoms with E-state index in [0.29, 0.717) is 37.8 Å². The minimum atomic E-state index is -1.00. The Balaban J connectivity index is 0.000000199. The van der Waals surface area contributed by atoms with Gasteiger partial charge in [-0.05, 0) is 24.3 Å². The second-order valence-corrected chi connectivity index (χ2v) is 9.65. The average molecular weight is 630 g/mol. The molecule has 0 radical (unpaired) electrons. The first kappa shape index (κ1) is 31.5. The van der Waals surface area contributed by atoms with E-state index in [1.54, 1.807) is 18.5 Å². The predicted octanol–water partition coefficient (Wildman–Crippen LogP) is 4.14. The van der Waals surface area contributed by atoms with Gasteiger partial charge in [-0.1, -0.05) is 24.3 Å². The molecule has 0 bridgehead atoms. The number of aromatic nitrogens is 6. The van der Waals surface area contributed by atoms with Gasteiger partial charge in [0.25, 0.3) is 0 Å². The van der Waals surface area contributed by atoms with Crippen molar-refractivity contribution in [1.29, 1.82) is 0 Å². The molecule has 0 saturated carbocycles. The Morgan fingerprint density at radius 3 is 1.76 bits per heavy atom. The summed E-state index contributed by atoms with van der Waals surface area (Å²) in [6.45, 7) is 2.23. The molecular weight excluding hydrogens is 591 g/mol. The van der Waals surface area contributed by atoms with Crippen molar-refractivity contribution in [3.8, 4) is 22.5 Å². The first-order valence-electron chi connectivity index (χ1n) is 14.8. The highest BCUT2D eigenvalue weighted by Gasteiger charge is 2.09. The van der Waals surface area contributed by atoms with Gasteiger partial charge in [0.15, 0.2) is 0 Å². The van der Waals surface area contributed by atoms with Crippen LogP contribution in [0.5, 0.6) is 0 Å². The smallest absolute Gasteiger partial charge is 0.406 e. The van der Waals surface area contributed by atoms with E-state index in [-0.39, 0.29) is 0 Å². The zero-order valence-electron chi connectivity index (χ0n) is 26.2. The molecule has 0 atom stereocenters. The quantitative estimate of drug-likeness (QED) is 0.106. The first-order chi connectivity index (χ1) is 22.9. The van der Waals surface area contributed by atoms with Crippen LogP contribution in [-0.4, -0.2) is 76.9 Å². The third-order valence-corrected chi connectivity index (χ3v) is 6.64. The Labute approximate surface area is 265 Å². The van der Waals surface area contributed by atoms with Crippen molar-refractivity contribution in [1.82, 2.24) is 35.7 Å². The summed E-state index contributed by atoms with van der Waals surface area (Å²) in [5.41, 5.74) is 24.6. The fourth-order valence-corrected chi connectivity index (χ4v) is 4.60. The van der Waals surface area contributed by atoms with Gasteiger partial charge in [-0.25, -0.2) is 14.8 Å². The van der Waals surface area contributed by atoms with Crippen molar-refractivity contribution in [2.75, 3.05) is 62.5 Å². The van der Waals surface area contributed by atoms with E-state index in [9.17, 15) is 9.18 Å². The summed E-state index contributed by atoms with van der Waals surface area (Å²) in [6, 6.07) is 19.4. The number of ether oxygens (including phenoxy) is 1. The summed E-state index contributed by atoms with van der Waals surface area (Å²) in [4.78, 5) is 19.8. The number of pyridine rings is 2. The number of alkyl halides is 1. The van der Waals surface area contributed by atoms with Crippen LogP contribution in [0.25, 0.3) is 44.3 Å². The van der Waals surface area contributed by atoms with Gasteiger partial charge >= 0.3 is 6.09 Å². The van der Waals surface area contributed by atoms with Crippen LogP contribution in [0.4, 0.5) is 32.2 Å². The highest BCUT2D eigenvalue weighted by atomic mass is 19.1. The number of methoxy groups -OCH3 is 1. The van der Waals surface area contributed by atoms with E-state index < -0.39 is 13.2 Å². The van der Waals surface area contributed by atoms with Crippen molar-refractivity contribution in [2.24, 2.45) is 5.73 Å². The number of nitrogens with zero attached hydrogens (tertiary/aromatic N) is 4. The Hall–Kier alpha value is -5.96. The maximum Gasteiger partial charge on any atom is 0.406 e.